The normalized spacial score (nSPS) is 20.4. The Morgan fingerprint density at radius 1 is 1.33 bits per heavy atom. The minimum absolute atomic E-state index is 0.200. The first-order valence-electron chi connectivity index (χ1n) is 8.20. The van der Waals surface area contributed by atoms with Crippen molar-refractivity contribution in [2.45, 2.75) is 45.2 Å². The highest BCUT2D eigenvalue weighted by atomic mass is 16.5. The Labute approximate surface area is 129 Å². The molecule has 0 radical (unpaired) electrons. The van der Waals surface area contributed by atoms with E-state index in [1.165, 1.54) is 24.0 Å². The average Bonchev–Trinajstić information content (AvgIpc) is 2.49. The zero-order chi connectivity index (χ0) is 15.2. The topological polar surface area (TPSA) is 38.5 Å². The van der Waals surface area contributed by atoms with Crippen LogP contribution in [0.2, 0.25) is 0 Å². The van der Waals surface area contributed by atoms with Crippen LogP contribution in [0.1, 0.15) is 43.4 Å². The van der Waals surface area contributed by atoms with Gasteiger partial charge in [-0.3, -0.25) is 4.90 Å². The average molecular weight is 290 g/mol. The summed E-state index contributed by atoms with van der Waals surface area (Å²) in [7, 11) is 1.80. The molecular weight excluding hydrogens is 260 g/mol. The molecule has 1 fully saturated rings. The molecule has 0 saturated carbocycles. The van der Waals surface area contributed by atoms with E-state index in [0.29, 0.717) is 12.0 Å². The van der Waals surface area contributed by atoms with Crippen LogP contribution in [0.25, 0.3) is 0 Å². The molecule has 0 amide bonds. The van der Waals surface area contributed by atoms with E-state index in [-0.39, 0.29) is 6.04 Å². The quantitative estimate of drug-likeness (QED) is 0.875. The van der Waals surface area contributed by atoms with Gasteiger partial charge in [0.2, 0.25) is 0 Å². The van der Waals surface area contributed by atoms with Crippen LogP contribution >= 0.6 is 0 Å². The molecule has 0 aliphatic carbocycles. The lowest BCUT2D eigenvalue weighted by molar-refractivity contribution is 0.0714. The predicted molar refractivity (Wildman–Crippen MR) is 88.4 cm³/mol. The summed E-state index contributed by atoms with van der Waals surface area (Å²) in [5, 5.41) is 0. The van der Waals surface area contributed by atoms with Crippen LogP contribution in [-0.2, 0) is 4.74 Å². The third kappa shape index (κ3) is 4.29. The summed E-state index contributed by atoms with van der Waals surface area (Å²) < 4.78 is 5.30. The molecule has 1 aromatic rings. The highest BCUT2D eigenvalue weighted by molar-refractivity contribution is 5.26. The Balaban J connectivity index is 2.11. The van der Waals surface area contributed by atoms with Crippen LogP contribution < -0.4 is 5.73 Å². The lowest BCUT2D eigenvalue weighted by atomic mass is 9.90. The molecular formula is C18H30N2O. The first kappa shape index (κ1) is 16.5. The van der Waals surface area contributed by atoms with Gasteiger partial charge in [-0.1, -0.05) is 36.8 Å². The summed E-state index contributed by atoms with van der Waals surface area (Å²) in [6.07, 6.45) is 3.44. The predicted octanol–water partition coefficient (Wildman–Crippen LogP) is 3.13. The number of aryl methyl sites for hydroxylation is 1. The van der Waals surface area contributed by atoms with E-state index in [1.54, 1.807) is 7.11 Å². The summed E-state index contributed by atoms with van der Waals surface area (Å²) in [5.41, 5.74) is 9.14. The fraction of sp³-hybridized carbons (Fsp3) is 0.667. The van der Waals surface area contributed by atoms with Crippen LogP contribution in [0, 0.1) is 12.8 Å². The molecule has 1 aliphatic heterocycles. The number of benzene rings is 1. The van der Waals surface area contributed by atoms with Crippen molar-refractivity contribution in [2.75, 3.05) is 26.8 Å². The zero-order valence-electron chi connectivity index (χ0n) is 13.7. The third-order valence-electron chi connectivity index (χ3n) is 4.71. The first-order valence-corrected chi connectivity index (χ1v) is 8.20. The van der Waals surface area contributed by atoms with E-state index < -0.39 is 0 Å². The van der Waals surface area contributed by atoms with Gasteiger partial charge in [-0.15, -0.1) is 0 Å². The molecule has 2 atom stereocenters. The number of ether oxygens (including phenoxy) is 1. The van der Waals surface area contributed by atoms with Crippen LogP contribution in [0.3, 0.4) is 0 Å². The Hall–Kier alpha value is -0.900. The Morgan fingerprint density at radius 2 is 2.05 bits per heavy atom. The van der Waals surface area contributed by atoms with Crippen molar-refractivity contribution in [2.24, 2.45) is 11.7 Å². The molecule has 0 aromatic heterocycles. The molecule has 0 bridgehead atoms. The highest BCUT2D eigenvalue weighted by Crippen LogP contribution is 2.30. The van der Waals surface area contributed by atoms with Crippen LogP contribution in [0.4, 0.5) is 0 Å². The summed E-state index contributed by atoms with van der Waals surface area (Å²) in [6.45, 7) is 7.48. The Kier molecular flexibility index (Phi) is 6.22. The lowest BCUT2D eigenvalue weighted by Gasteiger charge is -2.40. The maximum atomic E-state index is 6.46. The molecule has 2 N–H and O–H groups in total. The second kappa shape index (κ2) is 7.92. The minimum atomic E-state index is 0.200. The number of nitrogens with two attached hydrogens (primary N) is 1. The second-order valence-corrected chi connectivity index (χ2v) is 6.37. The molecule has 2 rings (SSSR count). The lowest BCUT2D eigenvalue weighted by Crippen LogP contribution is -2.45. The monoisotopic (exact) mass is 290 g/mol. The number of likely N-dealkylation sites (tertiary alicyclic amines) is 1. The molecule has 1 aromatic carbocycles. The van der Waals surface area contributed by atoms with Crippen LogP contribution in [0.15, 0.2) is 24.3 Å². The number of hydrogen-bond donors (Lipinski definition) is 1. The van der Waals surface area contributed by atoms with Gasteiger partial charge >= 0.3 is 0 Å². The summed E-state index contributed by atoms with van der Waals surface area (Å²) in [5.74, 6) is 0.710. The zero-order valence-corrected chi connectivity index (χ0v) is 13.7. The van der Waals surface area contributed by atoms with Gasteiger partial charge in [-0.2, -0.15) is 0 Å². The van der Waals surface area contributed by atoms with Crippen molar-refractivity contribution < 1.29 is 4.74 Å². The first-order chi connectivity index (χ1) is 10.2. The summed E-state index contributed by atoms with van der Waals surface area (Å²) in [4.78, 5) is 2.58. The van der Waals surface area contributed by atoms with E-state index in [0.717, 1.165) is 26.1 Å². The number of nitrogens with zero attached hydrogens (tertiary/aromatic N) is 1. The Bertz CT molecular complexity index is 427. The van der Waals surface area contributed by atoms with Crippen molar-refractivity contribution in [3.63, 3.8) is 0 Å². The fourth-order valence-corrected chi connectivity index (χ4v) is 3.44. The second-order valence-electron chi connectivity index (χ2n) is 6.37. The maximum absolute atomic E-state index is 6.46. The van der Waals surface area contributed by atoms with Crippen molar-refractivity contribution in [3.8, 4) is 0 Å². The van der Waals surface area contributed by atoms with Crippen LogP contribution in [0.5, 0.6) is 0 Å². The number of methoxy groups -OCH3 is 1. The van der Waals surface area contributed by atoms with E-state index >= 15 is 0 Å². The molecule has 3 nitrogen and oxygen atoms in total. The summed E-state index contributed by atoms with van der Waals surface area (Å²) in [6, 6.07) is 9.38. The molecule has 1 aliphatic rings. The molecule has 3 heteroatoms. The van der Waals surface area contributed by atoms with E-state index in [1.807, 2.05) is 0 Å². The van der Waals surface area contributed by atoms with Gasteiger partial charge in [0.25, 0.3) is 0 Å². The highest BCUT2D eigenvalue weighted by Gasteiger charge is 2.29. The Morgan fingerprint density at radius 3 is 2.62 bits per heavy atom. The smallest absolute Gasteiger partial charge is 0.0499 e. The number of rotatable bonds is 6. The summed E-state index contributed by atoms with van der Waals surface area (Å²) >= 11 is 0. The molecule has 2 unspecified atom stereocenters. The van der Waals surface area contributed by atoms with E-state index in [4.69, 9.17) is 10.5 Å². The molecule has 118 valence electrons. The molecule has 21 heavy (non-hydrogen) atoms. The molecule has 0 spiro atoms. The minimum Gasteiger partial charge on any atom is -0.384 e. The largest absolute Gasteiger partial charge is 0.384 e. The molecule has 1 heterocycles. The number of piperidine rings is 1. The van der Waals surface area contributed by atoms with E-state index in [9.17, 15) is 0 Å². The number of hydrogen-bond acceptors (Lipinski definition) is 3. The van der Waals surface area contributed by atoms with Crippen molar-refractivity contribution in [3.05, 3.63) is 35.4 Å². The van der Waals surface area contributed by atoms with Crippen LogP contribution in [-0.4, -0.2) is 37.7 Å². The maximum Gasteiger partial charge on any atom is 0.0499 e. The SMILES string of the molecule is CCC(N)C(c1cccc(C)c1)N1CCC(COC)CC1. The van der Waals surface area contributed by atoms with Gasteiger partial charge in [0, 0.05) is 25.8 Å². The van der Waals surface area contributed by atoms with Crippen molar-refractivity contribution in [1.29, 1.82) is 0 Å². The van der Waals surface area contributed by atoms with Crippen molar-refractivity contribution in [1.82, 2.24) is 4.90 Å². The molecule has 1 saturated heterocycles. The van der Waals surface area contributed by atoms with Gasteiger partial charge in [0.1, 0.15) is 0 Å². The third-order valence-corrected chi connectivity index (χ3v) is 4.71. The van der Waals surface area contributed by atoms with Gasteiger partial charge in [-0.05, 0) is 50.8 Å². The fourth-order valence-electron chi connectivity index (χ4n) is 3.44. The standard InChI is InChI=1S/C18H30N2O/c1-4-17(19)18(16-7-5-6-14(2)12-16)20-10-8-15(9-11-20)13-21-3/h5-7,12,15,17-18H,4,8-11,13,19H2,1-3H3. The van der Waals surface area contributed by atoms with Crippen molar-refractivity contribution >= 4 is 0 Å². The van der Waals surface area contributed by atoms with Gasteiger partial charge < -0.3 is 10.5 Å². The van der Waals surface area contributed by atoms with Gasteiger partial charge in [0.05, 0.1) is 0 Å². The van der Waals surface area contributed by atoms with E-state index in [2.05, 4.69) is 43.0 Å². The van der Waals surface area contributed by atoms with Gasteiger partial charge in [0.15, 0.2) is 0 Å². The van der Waals surface area contributed by atoms with Gasteiger partial charge in [-0.25, -0.2) is 0 Å².